The van der Waals surface area contributed by atoms with Gasteiger partial charge in [-0.25, -0.2) is 4.79 Å². The highest BCUT2D eigenvalue weighted by Crippen LogP contribution is 2.26. The number of carbonyl (C=O) groups excluding carboxylic acids is 3. The minimum atomic E-state index is -0.922. The molecule has 0 aliphatic heterocycles. The zero-order valence-electron chi connectivity index (χ0n) is 23.1. The second-order valence-electron chi connectivity index (χ2n) is 10.2. The first-order valence-electron chi connectivity index (χ1n) is 13.3. The molecule has 0 spiro atoms. The maximum absolute atomic E-state index is 13.9. The molecule has 8 heteroatoms. The summed E-state index contributed by atoms with van der Waals surface area (Å²) in [4.78, 5) is 41.5. The van der Waals surface area contributed by atoms with Gasteiger partial charge >= 0.3 is 6.09 Å². The smallest absolute Gasteiger partial charge is 0.408 e. The normalized spacial score (nSPS) is 13.0. The Morgan fingerprint density at radius 2 is 1.64 bits per heavy atom. The van der Waals surface area contributed by atoms with Crippen LogP contribution in [0, 0.1) is 6.92 Å². The van der Waals surface area contributed by atoms with Crippen LogP contribution in [0.25, 0.3) is 0 Å². The number of amides is 3. The second kappa shape index (κ2) is 16.5. The first kappa shape index (κ1) is 31.8. The third kappa shape index (κ3) is 11.2. The molecule has 0 aliphatic rings. The predicted octanol–water partition coefficient (Wildman–Crippen LogP) is 5.57. The number of rotatable bonds is 15. The van der Waals surface area contributed by atoms with Gasteiger partial charge in [0.1, 0.15) is 17.7 Å². The van der Waals surface area contributed by atoms with Crippen molar-refractivity contribution >= 4 is 30.5 Å². The summed E-state index contributed by atoms with van der Waals surface area (Å²) in [7, 11) is 0. The standard InChI is InChI=1S/C28H47N3O4S/c1-7-9-11-15-19-31(26(33)23(20-36)30-27(34)35-28(4,5)6)24(22-17-13-12-16-21(22)3)25(32)29-18-14-10-8-2/h12-13,16-17,23-24,36H,7-11,14-15,18-20H2,1-6H3,(H,29,32)(H,30,34). The maximum Gasteiger partial charge on any atom is 0.408 e. The lowest BCUT2D eigenvalue weighted by Crippen LogP contribution is -2.54. The van der Waals surface area contributed by atoms with Gasteiger partial charge < -0.3 is 20.3 Å². The molecule has 0 heterocycles. The number of nitrogens with zero attached hydrogens (tertiary/aromatic N) is 1. The van der Waals surface area contributed by atoms with E-state index >= 15 is 0 Å². The van der Waals surface area contributed by atoms with Crippen LogP contribution in [-0.4, -0.2) is 53.3 Å². The zero-order chi connectivity index (χ0) is 27.1. The van der Waals surface area contributed by atoms with E-state index in [2.05, 4.69) is 37.1 Å². The number of aryl methyl sites for hydroxylation is 1. The van der Waals surface area contributed by atoms with Crippen LogP contribution in [0.2, 0.25) is 0 Å². The summed E-state index contributed by atoms with van der Waals surface area (Å²) in [5.74, 6) is -0.467. The van der Waals surface area contributed by atoms with Crippen LogP contribution >= 0.6 is 12.6 Å². The highest BCUT2D eigenvalue weighted by molar-refractivity contribution is 7.80. The van der Waals surface area contributed by atoms with E-state index in [1.54, 1.807) is 25.7 Å². The first-order valence-corrected chi connectivity index (χ1v) is 13.9. The topological polar surface area (TPSA) is 87.7 Å². The van der Waals surface area contributed by atoms with E-state index < -0.39 is 23.8 Å². The van der Waals surface area contributed by atoms with Crippen molar-refractivity contribution in [2.24, 2.45) is 0 Å². The lowest BCUT2D eigenvalue weighted by molar-refractivity contribution is -0.142. The Labute approximate surface area is 223 Å². The molecule has 1 aromatic carbocycles. The molecule has 0 aromatic heterocycles. The van der Waals surface area contributed by atoms with Crippen molar-refractivity contribution in [3.8, 4) is 0 Å². The lowest BCUT2D eigenvalue weighted by Gasteiger charge is -2.35. The molecule has 204 valence electrons. The van der Waals surface area contributed by atoms with Gasteiger partial charge in [-0.05, 0) is 51.7 Å². The summed E-state index contributed by atoms with van der Waals surface area (Å²) in [6.45, 7) is 12.4. The molecule has 0 aliphatic carbocycles. The summed E-state index contributed by atoms with van der Waals surface area (Å²) in [6, 6.07) is 5.92. The summed E-state index contributed by atoms with van der Waals surface area (Å²) in [6.07, 6.45) is 6.10. The van der Waals surface area contributed by atoms with E-state index in [9.17, 15) is 14.4 Å². The number of unbranched alkanes of at least 4 members (excludes halogenated alkanes) is 5. The van der Waals surface area contributed by atoms with Gasteiger partial charge in [-0.15, -0.1) is 0 Å². The highest BCUT2D eigenvalue weighted by atomic mass is 32.1. The number of thiol groups is 1. The Kier molecular flexibility index (Phi) is 14.6. The Morgan fingerprint density at radius 1 is 1.00 bits per heavy atom. The van der Waals surface area contributed by atoms with Crippen molar-refractivity contribution in [3.05, 3.63) is 35.4 Å². The minimum absolute atomic E-state index is 0.0855. The van der Waals surface area contributed by atoms with E-state index in [0.29, 0.717) is 13.1 Å². The maximum atomic E-state index is 13.9. The van der Waals surface area contributed by atoms with Crippen LogP contribution < -0.4 is 10.6 Å². The van der Waals surface area contributed by atoms with E-state index in [0.717, 1.165) is 56.1 Å². The molecule has 7 nitrogen and oxygen atoms in total. The fraction of sp³-hybridized carbons (Fsp3) is 0.679. The highest BCUT2D eigenvalue weighted by Gasteiger charge is 2.36. The number of carbonyl (C=O) groups is 3. The Hall–Kier alpha value is -2.22. The summed E-state index contributed by atoms with van der Waals surface area (Å²) >= 11 is 4.35. The van der Waals surface area contributed by atoms with Crippen molar-refractivity contribution in [2.75, 3.05) is 18.8 Å². The molecular formula is C28H47N3O4S. The van der Waals surface area contributed by atoms with Crippen LogP contribution in [0.4, 0.5) is 4.79 Å². The number of ether oxygens (including phenoxy) is 1. The van der Waals surface area contributed by atoms with Crippen molar-refractivity contribution < 1.29 is 19.1 Å². The van der Waals surface area contributed by atoms with Crippen molar-refractivity contribution in [2.45, 2.75) is 104 Å². The van der Waals surface area contributed by atoms with E-state index in [4.69, 9.17) is 4.74 Å². The number of benzene rings is 1. The molecular weight excluding hydrogens is 474 g/mol. The molecule has 36 heavy (non-hydrogen) atoms. The third-order valence-corrected chi connectivity index (χ3v) is 6.20. The molecule has 1 aromatic rings. The molecule has 2 N–H and O–H groups in total. The molecule has 2 atom stereocenters. The number of hydrogen-bond donors (Lipinski definition) is 3. The largest absolute Gasteiger partial charge is 0.444 e. The fourth-order valence-electron chi connectivity index (χ4n) is 3.94. The molecule has 0 radical (unpaired) electrons. The van der Waals surface area contributed by atoms with Gasteiger partial charge in [0.15, 0.2) is 0 Å². The molecule has 0 saturated carbocycles. The fourth-order valence-corrected chi connectivity index (χ4v) is 4.19. The van der Waals surface area contributed by atoms with E-state index in [1.165, 1.54) is 0 Å². The average molecular weight is 522 g/mol. The quantitative estimate of drug-likeness (QED) is 0.208. The number of hydrogen-bond acceptors (Lipinski definition) is 5. The van der Waals surface area contributed by atoms with E-state index in [1.807, 2.05) is 31.2 Å². The third-order valence-electron chi connectivity index (χ3n) is 5.83. The molecule has 3 amide bonds. The minimum Gasteiger partial charge on any atom is -0.444 e. The molecule has 0 fully saturated rings. The average Bonchev–Trinajstić information content (AvgIpc) is 2.81. The number of nitrogens with one attached hydrogen (secondary N) is 2. The predicted molar refractivity (Wildman–Crippen MR) is 149 cm³/mol. The summed E-state index contributed by atoms with van der Waals surface area (Å²) < 4.78 is 5.37. The lowest BCUT2D eigenvalue weighted by atomic mass is 9.97. The molecule has 0 bridgehead atoms. The monoisotopic (exact) mass is 521 g/mol. The van der Waals surface area contributed by atoms with Crippen LogP contribution in [0.15, 0.2) is 24.3 Å². The Bertz CT molecular complexity index is 825. The van der Waals surface area contributed by atoms with Crippen LogP contribution in [0.5, 0.6) is 0 Å². The SMILES string of the molecule is CCCCCCN(C(=O)C(CS)NC(=O)OC(C)(C)C)C(C(=O)NCCCCC)c1ccccc1C. The first-order chi connectivity index (χ1) is 17.1. The number of alkyl carbamates (subject to hydrolysis) is 1. The van der Waals surface area contributed by atoms with Gasteiger partial charge in [0.25, 0.3) is 0 Å². The van der Waals surface area contributed by atoms with Crippen LogP contribution in [-0.2, 0) is 14.3 Å². The van der Waals surface area contributed by atoms with Crippen molar-refractivity contribution in [1.29, 1.82) is 0 Å². The Balaban J connectivity index is 3.32. The Morgan fingerprint density at radius 3 is 2.22 bits per heavy atom. The van der Waals surface area contributed by atoms with E-state index in [-0.39, 0.29) is 17.6 Å². The van der Waals surface area contributed by atoms with Crippen molar-refractivity contribution in [1.82, 2.24) is 15.5 Å². The zero-order valence-corrected chi connectivity index (χ0v) is 24.0. The van der Waals surface area contributed by atoms with Crippen LogP contribution in [0.1, 0.15) is 96.7 Å². The summed E-state index contributed by atoms with van der Waals surface area (Å²) in [5, 5.41) is 5.71. The van der Waals surface area contributed by atoms with Gasteiger partial charge in [-0.2, -0.15) is 12.6 Å². The summed E-state index contributed by atoms with van der Waals surface area (Å²) in [5.41, 5.74) is 1.01. The van der Waals surface area contributed by atoms with Crippen LogP contribution in [0.3, 0.4) is 0 Å². The molecule has 2 unspecified atom stereocenters. The van der Waals surface area contributed by atoms with Gasteiger partial charge in [-0.1, -0.05) is 70.2 Å². The molecule has 0 saturated heterocycles. The van der Waals surface area contributed by atoms with Gasteiger partial charge in [0, 0.05) is 18.8 Å². The van der Waals surface area contributed by atoms with Gasteiger partial charge in [-0.3, -0.25) is 9.59 Å². The second-order valence-corrected chi connectivity index (χ2v) is 10.6. The van der Waals surface area contributed by atoms with Crippen molar-refractivity contribution in [3.63, 3.8) is 0 Å². The van der Waals surface area contributed by atoms with Gasteiger partial charge in [0.05, 0.1) is 0 Å². The molecule has 1 rings (SSSR count). The van der Waals surface area contributed by atoms with Gasteiger partial charge in [0.2, 0.25) is 11.8 Å².